The predicted octanol–water partition coefficient (Wildman–Crippen LogP) is 4.04. The molecule has 2 rings (SSSR count). The minimum Gasteiger partial charge on any atom is -0.383 e. The first-order valence-corrected chi connectivity index (χ1v) is 7.07. The van der Waals surface area contributed by atoms with E-state index in [0.717, 1.165) is 11.4 Å². The molecule has 0 bridgehead atoms. The fourth-order valence-electron chi connectivity index (χ4n) is 1.97. The molecular formula is C14H17BrFN3O. The summed E-state index contributed by atoms with van der Waals surface area (Å²) in [5, 5.41) is 3.20. The lowest BCUT2D eigenvalue weighted by molar-refractivity contribution is 0.163. The van der Waals surface area contributed by atoms with Crippen LogP contribution in [0.1, 0.15) is 18.7 Å². The zero-order valence-electron chi connectivity index (χ0n) is 11.7. The Bertz CT molecular complexity index is 600. The molecule has 1 aromatic heterocycles. The van der Waals surface area contributed by atoms with E-state index in [1.807, 2.05) is 17.7 Å². The van der Waals surface area contributed by atoms with Gasteiger partial charge in [0.2, 0.25) is 5.95 Å². The maximum atomic E-state index is 13.2. The smallest absolute Gasteiger partial charge is 0.207 e. The Hall–Kier alpha value is -1.40. The number of methoxy groups -OCH3 is 1. The minimum absolute atomic E-state index is 0.160. The highest BCUT2D eigenvalue weighted by Gasteiger charge is 2.12. The van der Waals surface area contributed by atoms with Crippen LogP contribution in [-0.2, 0) is 4.74 Å². The summed E-state index contributed by atoms with van der Waals surface area (Å²) in [4.78, 5) is 4.45. The number of nitrogens with zero attached hydrogens (tertiary/aromatic N) is 2. The van der Waals surface area contributed by atoms with Gasteiger partial charge in [0, 0.05) is 19.0 Å². The van der Waals surface area contributed by atoms with Crippen LogP contribution in [-0.4, -0.2) is 23.3 Å². The lowest BCUT2D eigenvalue weighted by atomic mass is 10.3. The molecule has 1 atom stereocenters. The van der Waals surface area contributed by atoms with Gasteiger partial charge in [0.1, 0.15) is 5.82 Å². The highest BCUT2D eigenvalue weighted by molar-refractivity contribution is 9.10. The molecular weight excluding hydrogens is 325 g/mol. The third-order valence-electron chi connectivity index (χ3n) is 2.91. The van der Waals surface area contributed by atoms with E-state index in [9.17, 15) is 4.39 Å². The largest absolute Gasteiger partial charge is 0.383 e. The molecule has 0 spiro atoms. The van der Waals surface area contributed by atoms with Crippen molar-refractivity contribution < 1.29 is 9.13 Å². The molecule has 0 fully saturated rings. The summed E-state index contributed by atoms with van der Waals surface area (Å²) in [5.41, 5.74) is 1.69. The number of hydrogen-bond donors (Lipinski definition) is 1. The van der Waals surface area contributed by atoms with E-state index >= 15 is 0 Å². The molecule has 20 heavy (non-hydrogen) atoms. The molecule has 2 aromatic rings. The molecule has 0 aliphatic rings. The summed E-state index contributed by atoms with van der Waals surface area (Å²) >= 11 is 3.17. The van der Waals surface area contributed by atoms with E-state index in [1.165, 1.54) is 6.07 Å². The zero-order chi connectivity index (χ0) is 14.7. The van der Waals surface area contributed by atoms with Gasteiger partial charge in [-0.15, -0.1) is 0 Å². The topological polar surface area (TPSA) is 39.1 Å². The number of rotatable bonds is 5. The lowest BCUT2D eigenvalue weighted by Gasteiger charge is -2.16. The molecule has 6 heteroatoms. The molecule has 0 aliphatic heterocycles. The number of anilines is 2. The molecule has 0 radical (unpaired) electrons. The van der Waals surface area contributed by atoms with Gasteiger partial charge < -0.3 is 14.6 Å². The lowest BCUT2D eigenvalue weighted by Crippen LogP contribution is -2.12. The Balaban J connectivity index is 2.26. The summed E-state index contributed by atoms with van der Waals surface area (Å²) in [6.07, 6.45) is 1.96. The van der Waals surface area contributed by atoms with E-state index in [1.54, 1.807) is 19.2 Å². The van der Waals surface area contributed by atoms with E-state index in [0.29, 0.717) is 17.0 Å². The van der Waals surface area contributed by atoms with Gasteiger partial charge >= 0.3 is 0 Å². The van der Waals surface area contributed by atoms with Crippen molar-refractivity contribution in [1.29, 1.82) is 0 Å². The molecule has 1 aromatic carbocycles. The average Bonchev–Trinajstić information content (AvgIpc) is 2.75. The van der Waals surface area contributed by atoms with Crippen LogP contribution in [0.15, 0.2) is 28.9 Å². The first kappa shape index (κ1) is 15.0. The van der Waals surface area contributed by atoms with Crippen molar-refractivity contribution in [3.63, 3.8) is 0 Å². The highest BCUT2D eigenvalue weighted by atomic mass is 79.9. The summed E-state index contributed by atoms with van der Waals surface area (Å²) < 4.78 is 20.8. The van der Waals surface area contributed by atoms with Crippen molar-refractivity contribution in [3.05, 3.63) is 40.4 Å². The van der Waals surface area contributed by atoms with Gasteiger partial charge in [-0.05, 0) is 48.0 Å². The molecule has 108 valence electrons. The van der Waals surface area contributed by atoms with Gasteiger partial charge in [0.25, 0.3) is 0 Å². The molecule has 0 aliphatic carbocycles. The van der Waals surface area contributed by atoms with E-state index < -0.39 is 0 Å². The highest BCUT2D eigenvalue weighted by Crippen LogP contribution is 2.24. The van der Waals surface area contributed by atoms with Crippen LogP contribution < -0.4 is 5.32 Å². The normalized spacial score (nSPS) is 12.4. The summed E-state index contributed by atoms with van der Waals surface area (Å²) in [5.74, 6) is 0.424. The Kier molecular flexibility index (Phi) is 4.77. The molecule has 4 nitrogen and oxygen atoms in total. The molecule has 0 saturated heterocycles. The third-order valence-corrected chi connectivity index (χ3v) is 3.52. The molecule has 0 amide bonds. The van der Waals surface area contributed by atoms with Crippen LogP contribution in [0.3, 0.4) is 0 Å². The van der Waals surface area contributed by atoms with Crippen molar-refractivity contribution in [2.45, 2.75) is 19.9 Å². The molecule has 1 unspecified atom stereocenters. The fraction of sp³-hybridized carbons (Fsp3) is 0.357. The van der Waals surface area contributed by atoms with Gasteiger partial charge in [-0.3, -0.25) is 0 Å². The maximum absolute atomic E-state index is 13.2. The number of hydrogen-bond acceptors (Lipinski definition) is 3. The maximum Gasteiger partial charge on any atom is 0.207 e. The van der Waals surface area contributed by atoms with E-state index in [2.05, 4.69) is 33.2 Å². The quantitative estimate of drug-likeness (QED) is 0.891. The summed E-state index contributed by atoms with van der Waals surface area (Å²) in [6, 6.07) is 4.93. The Labute approximate surface area is 126 Å². The van der Waals surface area contributed by atoms with Crippen LogP contribution >= 0.6 is 15.9 Å². The van der Waals surface area contributed by atoms with E-state index in [-0.39, 0.29) is 11.9 Å². The standard InChI is InChI=1S/C14H17BrFN3O/c1-9-7-19(10(2)8-20-3)14(17-9)18-11-4-5-13(16)12(15)6-11/h4-7,10H,8H2,1-3H3,(H,17,18). The zero-order valence-corrected chi connectivity index (χ0v) is 13.2. The first-order chi connectivity index (χ1) is 9.51. The number of aryl methyl sites for hydroxylation is 1. The van der Waals surface area contributed by atoms with Gasteiger partial charge in [-0.1, -0.05) is 0 Å². The van der Waals surface area contributed by atoms with Crippen LogP contribution in [0.2, 0.25) is 0 Å². The summed E-state index contributed by atoms with van der Waals surface area (Å²) in [7, 11) is 1.67. The Morgan fingerprint density at radius 1 is 1.50 bits per heavy atom. The van der Waals surface area contributed by atoms with Crippen molar-refractivity contribution >= 4 is 27.6 Å². The van der Waals surface area contributed by atoms with Gasteiger partial charge in [0.05, 0.1) is 22.8 Å². The monoisotopic (exact) mass is 341 g/mol. The van der Waals surface area contributed by atoms with Crippen molar-refractivity contribution in [2.75, 3.05) is 19.0 Å². The van der Waals surface area contributed by atoms with Crippen molar-refractivity contribution in [1.82, 2.24) is 9.55 Å². The number of imidazole rings is 1. The number of aromatic nitrogens is 2. The Morgan fingerprint density at radius 3 is 2.90 bits per heavy atom. The second-order valence-corrected chi connectivity index (χ2v) is 5.53. The second-order valence-electron chi connectivity index (χ2n) is 4.67. The third kappa shape index (κ3) is 3.37. The van der Waals surface area contributed by atoms with Crippen molar-refractivity contribution in [3.8, 4) is 0 Å². The van der Waals surface area contributed by atoms with Crippen molar-refractivity contribution in [2.24, 2.45) is 0 Å². The summed E-state index contributed by atoms with van der Waals surface area (Å²) in [6.45, 7) is 4.58. The second kappa shape index (κ2) is 6.37. The van der Waals surface area contributed by atoms with Gasteiger partial charge in [-0.25, -0.2) is 9.37 Å². The first-order valence-electron chi connectivity index (χ1n) is 6.27. The number of nitrogens with one attached hydrogen (secondary N) is 1. The Morgan fingerprint density at radius 2 is 2.25 bits per heavy atom. The fourth-order valence-corrected chi connectivity index (χ4v) is 2.35. The number of halogens is 2. The van der Waals surface area contributed by atoms with Crippen LogP contribution in [0, 0.1) is 12.7 Å². The average molecular weight is 342 g/mol. The molecule has 1 heterocycles. The SMILES string of the molecule is COCC(C)n1cc(C)nc1Nc1ccc(F)c(Br)c1. The van der Waals surface area contributed by atoms with Crippen LogP contribution in [0.25, 0.3) is 0 Å². The molecule has 0 saturated carbocycles. The van der Waals surface area contributed by atoms with E-state index in [4.69, 9.17) is 4.74 Å². The van der Waals surface area contributed by atoms with Crippen LogP contribution in [0.4, 0.5) is 16.0 Å². The van der Waals surface area contributed by atoms with Gasteiger partial charge in [0.15, 0.2) is 0 Å². The van der Waals surface area contributed by atoms with Gasteiger partial charge in [-0.2, -0.15) is 0 Å². The number of ether oxygens (including phenoxy) is 1. The molecule has 1 N–H and O–H groups in total. The number of benzene rings is 1. The predicted molar refractivity (Wildman–Crippen MR) is 80.9 cm³/mol. The minimum atomic E-state index is -0.289. The van der Waals surface area contributed by atoms with Crippen LogP contribution in [0.5, 0.6) is 0 Å².